The third-order valence-electron chi connectivity index (χ3n) is 4.75. The summed E-state index contributed by atoms with van der Waals surface area (Å²) in [5.74, 6) is 1.61. The second kappa shape index (κ2) is 9.38. The number of nitrogens with one attached hydrogen (secondary N) is 2. The largest absolute Gasteiger partial charge is 0.357 e. The first-order chi connectivity index (χ1) is 12.7. The average molecular weight is 355 g/mol. The molecule has 1 saturated heterocycles. The molecule has 2 N–H and O–H groups in total. The molecule has 1 unspecified atom stereocenters. The molecule has 2 aromatic rings. The van der Waals surface area contributed by atoms with Crippen LogP contribution < -0.4 is 10.6 Å². The van der Waals surface area contributed by atoms with E-state index in [1.54, 1.807) is 6.20 Å². The number of benzene rings is 1. The normalized spacial score (nSPS) is 18.2. The summed E-state index contributed by atoms with van der Waals surface area (Å²) in [6.07, 6.45) is 5.97. The van der Waals surface area contributed by atoms with E-state index in [4.69, 9.17) is 4.99 Å². The summed E-state index contributed by atoms with van der Waals surface area (Å²) in [5.41, 5.74) is 2.39. The van der Waals surface area contributed by atoms with Gasteiger partial charge in [-0.1, -0.05) is 12.1 Å². The second-order valence-electron chi connectivity index (χ2n) is 6.93. The highest BCUT2D eigenvalue weighted by molar-refractivity contribution is 5.79. The van der Waals surface area contributed by atoms with Crippen LogP contribution >= 0.6 is 0 Å². The monoisotopic (exact) mass is 354 g/mol. The summed E-state index contributed by atoms with van der Waals surface area (Å²) in [4.78, 5) is 7.15. The molecule has 0 bridgehead atoms. The van der Waals surface area contributed by atoms with Gasteiger partial charge < -0.3 is 15.5 Å². The van der Waals surface area contributed by atoms with Crippen LogP contribution in [0.4, 0.5) is 0 Å². The van der Waals surface area contributed by atoms with Crippen molar-refractivity contribution in [2.75, 3.05) is 39.8 Å². The summed E-state index contributed by atoms with van der Waals surface area (Å²) >= 11 is 0. The fourth-order valence-electron chi connectivity index (χ4n) is 3.30. The van der Waals surface area contributed by atoms with Gasteiger partial charge in [0.15, 0.2) is 5.96 Å². The van der Waals surface area contributed by atoms with Crippen LogP contribution in [0.3, 0.4) is 0 Å². The minimum Gasteiger partial charge on any atom is -0.357 e. The fraction of sp³-hybridized carbons (Fsp3) is 0.500. The third kappa shape index (κ3) is 5.33. The molecule has 1 aromatic heterocycles. The zero-order chi connectivity index (χ0) is 18.2. The predicted octanol–water partition coefficient (Wildman–Crippen LogP) is 1.92. The van der Waals surface area contributed by atoms with Gasteiger partial charge in [0.2, 0.25) is 0 Å². The second-order valence-corrected chi connectivity index (χ2v) is 6.93. The van der Waals surface area contributed by atoms with Crippen LogP contribution in [0.25, 0.3) is 5.69 Å². The smallest absolute Gasteiger partial charge is 0.191 e. The zero-order valence-electron chi connectivity index (χ0n) is 15.9. The molecule has 0 radical (unpaired) electrons. The van der Waals surface area contributed by atoms with Crippen LogP contribution in [0.1, 0.15) is 18.9 Å². The molecule has 26 heavy (non-hydrogen) atoms. The maximum atomic E-state index is 4.77. The van der Waals surface area contributed by atoms with Gasteiger partial charge in [0.1, 0.15) is 0 Å². The molecular weight excluding hydrogens is 324 g/mol. The number of aromatic nitrogens is 2. The van der Waals surface area contributed by atoms with Crippen molar-refractivity contribution in [2.45, 2.75) is 19.8 Å². The maximum absolute atomic E-state index is 4.77. The zero-order valence-corrected chi connectivity index (χ0v) is 15.9. The Kier molecular flexibility index (Phi) is 6.66. The topological polar surface area (TPSA) is 57.5 Å². The van der Waals surface area contributed by atoms with E-state index in [1.165, 1.54) is 18.5 Å². The van der Waals surface area contributed by atoms with Crippen molar-refractivity contribution in [3.8, 4) is 5.69 Å². The van der Waals surface area contributed by atoms with Crippen LogP contribution in [0, 0.1) is 5.92 Å². The molecule has 140 valence electrons. The van der Waals surface area contributed by atoms with Crippen LogP contribution in [0.15, 0.2) is 47.7 Å². The molecule has 3 rings (SSSR count). The molecule has 0 saturated carbocycles. The fourth-order valence-corrected chi connectivity index (χ4v) is 3.30. The number of rotatable bonds is 7. The Labute approximate surface area is 156 Å². The third-order valence-corrected chi connectivity index (χ3v) is 4.75. The molecule has 0 amide bonds. The predicted molar refractivity (Wildman–Crippen MR) is 107 cm³/mol. The Morgan fingerprint density at radius 2 is 2.12 bits per heavy atom. The van der Waals surface area contributed by atoms with Crippen LogP contribution in [-0.4, -0.2) is 60.4 Å². The molecule has 1 atom stereocenters. The lowest BCUT2D eigenvalue weighted by atomic mass is 10.1. The number of hydrogen-bond acceptors (Lipinski definition) is 3. The first-order valence-corrected chi connectivity index (χ1v) is 9.54. The van der Waals surface area contributed by atoms with E-state index in [-0.39, 0.29) is 0 Å². The van der Waals surface area contributed by atoms with Crippen molar-refractivity contribution in [1.29, 1.82) is 0 Å². The Morgan fingerprint density at radius 1 is 1.27 bits per heavy atom. The Morgan fingerprint density at radius 3 is 2.77 bits per heavy atom. The van der Waals surface area contributed by atoms with E-state index < -0.39 is 0 Å². The van der Waals surface area contributed by atoms with Crippen LogP contribution in [0.5, 0.6) is 0 Å². The maximum Gasteiger partial charge on any atom is 0.191 e. The molecular formula is C20H30N6. The first-order valence-electron chi connectivity index (χ1n) is 9.54. The Balaban J connectivity index is 1.46. The van der Waals surface area contributed by atoms with Crippen molar-refractivity contribution in [2.24, 2.45) is 10.9 Å². The van der Waals surface area contributed by atoms with Gasteiger partial charge in [0.25, 0.3) is 0 Å². The molecule has 2 heterocycles. The van der Waals surface area contributed by atoms with Gasteiger partial charge in [-0.2, -0.15) is 5.10 Å². The van der Waals surface area contributed by atoms with Gasteiger partial charge in [-0.25, -0.2) is 4.68 Å². The van der Waals surface area contributed by atoms with Crippen molar-refractivity contribution in [3.63, 3.8) is 0 Å². The van der Waals surface area contributed by atoms with Crippen molar-refractivity contribution in [1.82, 2.24) is 25.3 Å². The molecule has 6 nitrogen and oxygen atoms in total. The summed E-state index contributed by atoms with van der Waals surface area (Å²) in [6, 6.07) is 10.5. The standard InChI is InChI=1S/C20H30N6/c1-3-21-20(23-15-18-10-14-25(2)16-18)22-12-9-17-5-7-19(8-6-17)26-13-4-11-24-26/h4-8,11,13,18H,3,9-10,12,14-16H2,1-2H3,(H2,21,22,23). The number of aliphatic imine (C=N–C) groups is 1. The van der Waals surface area contributed by atoms with E-state index in [0.717, 1.165) is 44.2 Å². The number of likely N-dealkylation sites (tertiary alicyclic amines) is 1. The highest BCUT2D eigenvalue weighted by Gasteiger charge is 2.18. The van der Waals surface area contributed by atoms with E-state index in [9.17, 15) is 0 Å². The van der Waals surface area contributed by atoms with Gasteiger partial charge >= 0.3 is 0 Å². The molecule has 1 aromatic carbocycles. The lowest BCUT2D eigenvalue weighted by molar-refractivity contribution is 0.397. The molecule has 1 aliphatic heterocycles. The minimum absolute atomic E-state index is 0.685. The SMILES string of the molecule is CCNC(=NCC1CCN(C)C1)NCCc1ccc(-n2cccn2)cc1. The molecule has 0 spiro atoms. The van der Waals surface area contributed by atoms with Crippen LogP contribution in [0.2, 0.25) is 0 Å². The van der Waals surface area contributed by atoms with Crippen LogP contribution in [-0.2, 0) is 6.42 Å². The Hall–Kier alpha value is -2.34. The molecule has 0 aliphatic carbocycles. The average Bonchev–Trinajstić information content (AvgIpc) is 3.32. The summed E-state index contributed by atoms with van der Waals surface area (Å²) < 4.78 is 1.87. The van der Waals surface area contributed by atoms with Crippen molar-refractivity contribution < 1.29 is 0 Å². The van der Waals surface area contributed by atoms with E-state index >= 15 is 0 Å². The first kappa shape index (κ1) is 18.5. The quantitative estimate of drug-likeness (QED) is 0.589. The molecule has 1 fully saturated rings. The lowest BCUT2D eigenvalue weighted by Gasteiger charge is -2.13. The number of hydrogen-bond donors (Lipinski definition) is 2. The Bertz CT molecular complexity index is 677. The summed E-state index contributed by atoms with van der Waals surface area (Å²) in [7, 11) is 2.19. The minimum atomic E-state index is 0.685. The highest BCUT2D eigenvalue weighted by Crippen LogP contribution is 2.14. The van der Waals surface area contributed by atoms with Gasteiger partial charge in [-0.15, -0.1) is 0 Å². The molecule has 6 heteroatoms. The molecule has 1 aliphatic rings. The van der Waals surface area contributed by atoms with Crippen molar-refractivity contribution in [3.05, 3.63) is 48.3 Å². The van der Waals surface area contributed by atoms with Crippen molar-refractivity contribution >= 4 is 5.96 Å². The van der Waals surface area contributed by atoms with Gasteiger partial charge in [-0.05, 0) is 63.0 Å². The van der Waals surface area contributed by atoms with E-state index in [1.807, 2.05) is 16.9 Å². The highest BCUT2D eigenvalue weighted by atomic mass is 15.3. The van der Waals surface area contributed by atoms with Gasteiger partial charge in [0.05, 0.1) is 5.69 Å². The lowest BCUT2D eigenvalue weighted by Crippen LogP contribution is -2.38. The van der Waals surface area contributed by atoms with Gasteiger partial charge in [0, 0.05) is 38.6 Å². The number of guanidine groups is 1. The summed E-state index contributed by atoms with van der Waals surface area (Å²) in [5, 5.41) is 11.1. The van der Waals surface area contributed by atoms with E-state index in [0.29, 0.717) is 5.92 Å². The summed E-state index contributed by atoms with van der Waals surface area (Å²) in [6.45, 7) is 7.11. The number of nitrogens with zero attached hydrogens (tertiary/aromatic N) is 4. The van der Waals surface area contributed by atoms with Gasteiger partial charge in [-0.3, -0.25) is 4.99 Å². The van der Waals surface area contributed by atoms with E-state index in [2.05, 4.69) is 58.9 Å².